The number of hydrogen-bond donors (Lipinski definition) is 2. The molecule has 0 aromatic heterocycles. The number of allylic oxidation sites excluding steroid dienone is 2. The Morgan fingerprint density at radius 2 is 2.05 bits per heavy atom. The Kier molecular flexibility index (Phi) is 6.72. The maximum absolute atomic E-state index is 12.0. The minimum absolute atomic E-state index is 0.0401. The van der Waals surface area contributed by atoms with E-state index in [0.29, 0.717) is 13.0 Å². The monoisotopic (exact) mass is 296 g/mol. The fraction of sp³-hybridized carbons (Fsp3) is 0.750. The van der Waals surface area contributed by atoms with Crippen molar-refractivity contribution in [1.29, 1.82) is 0 Å². The van der Waals surface area contributed by atoms with Gasteiger partial charge in [-0.1, -0.05) is 12.2 Å². The van der Waals surface area contributed by atoms with Crippen molar-refractivity contribution in [3.8, 4) is 0 Å². The summed E-state index contributed by atoms with van der Waals surface area (Å²) in [5, 5.41) is 5.71. The number of rotatable bonds is 5. The lowest BCUT2D eigenvalue weighted by molar-refractivity contribution is -0.125. The van der Waals surface area contributed by atoms with E-state index in [-0.39, 0.29) is 17.9 Å². The molecular formula is C16H28N2O3. The highest BCUT2D eigenvalue weighted by molar-refractivity contribution is 5.79. The summed E-state index contributed by atoms with van der Waals surface area (Å²) in [6, 6.07) is 0.0401. The fourth-order valence-electron chi connectivity index (χ4n) is 2.17. The van der Waals surface area contributed by atoms with Crippen LogP contribution in [-0.4, -0.2) is 30.2 Å². The molecule has 1 aliphatic carbocycles. The van der Waals surface area contributed by atoms with Gasteiger partial charge in [0.05, 0.1) is 0 Å². The van der Waals surface area contributed by atoms with Crippen LogP contribution in [0.5, 0.6) is 0 Å². The third kappa shape index (κ3) is 7.73. The molecule has 0 aliphatic heterocycles. The van der Waals surface area contributed by atoms with Crippen LogP contribution in [0.2, 0.25) is 0 Å². The van der Waals surface area contributed by atoms with Crippen LogP contribution >= 0.6 is 0 Å². The summed E-state index contributed by atoms with van der Waals surface area (Å²) >= 11 is 0. The quantitative estimate of drug-likeness (QED) is 0.767. The highest BCUT2D eigenvalue weighted by atomic mass is 16.6. The van der Waals surface area contributed by atoms with Crippen molar-refractivity contribution in [3.05, 3.63) is 12.2 Å². The van der Waals surface area contributed by atoms with Crippen molar-refractivity contribution in [2.45, 2.75) is 65.0 Å². The van der Waals surface area contributed by atoms with E-state index in [9.17, 15) is 9.59 Å². The van der Waals surface area contributed by atoms with Gasteiger partial charge in [0, 0.05) is 18.5 Å². The van der Waals surface area contributed by atoms with Gasteiger partial charge < -0.3 is 15.4 Å². The van der Waals surface area contributed by atoms with Crippen LogP contribution in [0.25, 0.3) is 0 Å². The molecular weight excluding hydrogens is 268 g/mol. The molecule has 5 nitrogen and oxygen atoms in total. The van der Waals surface area contributed by atoms with E-state index in [1.54, 1.807) is 0 Å². The van der Waals surface area contributed by atoms with Gasteiger partial charge in [-0.3, -0.25) is 4.79 Å². The summed E-state index contributed by atoms with van der Waals surface area (Å²) in [6.07, 6.45) is 7.19. The summed E-state index contributed by atoms with van der Waals surface area (Å²) in [7, 11) is 0. The number of ether oxygens (including phenoxy) is 1. The van der Waals surface area contributed by atoms with Crippen LogP contribution in [0.3, 0.4) is 0 Å². The van der Waals surface area contributed by atoms with Crippen LogP contribution in [-0.2, 0) is 9.53 Å². The second-order valence-electron chi connectivity index (χ2n) is 6.61. The standard InChI is InChI=1S/C16H28N2O3/c1-12(10-11-17-15(20)21-16(2,3)4)18-14(19)13-8-6-5-7-9-13/h5-6,12-13H,7-11H2,1-4H3,(H,17,20)(H,18,19)/t12-,13+/m0/s1. The SMILES string of the molecule is C[C@@H](CCNC(=O)OC(C)(C)C)NC(=O)[C@@H]1CC=CCC1. The van der Waals surface area contributed by atoms with Crippen molar-refractivity contribution in [1.82, 2.24) is 10.6 Å². The average molecular weight is 296 g/mol. The Hall–Kier alpha value is -1.52. The number of alkyl carbamates (subject to hydrolysis) is 1. The minimum atomic E-state index is -0.488. The number of hydrogen-bond acceptors (Lipinski definition) is 3. The molecule has 2 atom stereocenters. The molecule has 120 valence electrons. The van der Waals surface area contributed by atoms with Crippen LogP contribution in [0.1, 0.15) is 53.4 Å². The zero-order valence-electron chi connectivity index (χ0n) is 13.6. The Morgan fingerprint density at radius 3 is 2.62 bits per heavy atom. The van der Waals surface area contributed by atoms with E-state index in [4.69, 9.17) is 4.74 Å². The molecule has 0 spiro atoms. The highest BCUT2D eigenvalue weighted by Gasteiger charge is 2.20. The molecule has 0 bridgehead atoms. The summed E-state index contributed by atoms with van der Waals surface area (Å²) in [5.41, 5.74) is -0.488. The van der Waals surface area contributed by atoms with Crippen molar-refractivity contribution in [3.63, 3.8) is 0 Å². The van der Waals surface area contributed by atoms with Crippen LogP contribution in [0.15, 0.2) is 12.2 Å². The predicted octanol–water partition coefficient (Wildman–Crippen LogP) is 2.76. The molecule has 0 aromatic rings. The highest BCUT2D eigenvalue weighted by Crippen LogP contribution is 2.18. The molecule has 0 radical (unpaired) electrons. The van der Waals surface area contributed by atoms with Gasteiger partial charge in [0.1, 0.15) is 5.60 Å². The maximum atomic E-state index is 12.0. The minimum Gasteiger partial charge on any atom is -0.444 e. The van der Waals surface area contributed by atoms with Gasteiger partial charge in [-0.25, -0.2) is 4.79 Å². The molecule has 0 heterocycles. The van der Waals surface area contributed by atoms with Gasteiger partial charge in [-0.2, -0.15) is 0 Å². The van der Waals surface area contributed by atoms with E-state index in [1.807, 2.05) is 27.7 Å². The van der Waals surface area contributed by atoms with Gasteiger partial charge in [0.25, 0.3) is 0 Å². The Morgan fingerprint density at radius 1 is 1.33 bits per heavy atom. The molecule has 5 heteroatoms. The van der Waals surface area contributed by atoms with Crippen molar-refractivity contribution < 1.29 is 14.3 Å². The third-order valence-electron chi connectivity index (χ3n) is 3.27. The Balaban J connectivity index is 2.19. The second kappa shape index (κ2) is 8.05. The number of carbonyl (C=O) groups excluding carboxylic acids is 2. The molecule has 21 heavy (non-hydrogen) atoms. The van der Waals surface area contributed by atoms with Crippen molar-refractivity contribution in [2.75, 3.05) is 6.54 Å². The molecule has 2 amide bonds. The molecule has 0 saturated heterocycles. The van der Waals surface area contributed by atoms with E-state index in [1.165, 1.54) is 0 Å². The molecule has 1 aliphatic rings. The Labute approximate surface area is 127 Å². The zero-order chi connectivity index (χ0) is 15.9. The summed E-state index contributed by atoms with van der Waals surface area (Å²) in [5.74, 6) is 0.209. The molecule has 0 saturated carbocycles. The Bertz CT molecular complexity index is 385. The molecule has 1 rings (SSSR count). The van der Waals surface area contributed by atoms with Gasteiger partial charge in [0.15, 0.2) is 0 Å². The largest absolute Gasteiger partial charge is 0.444 e. The van der Waals surface area contributed by atoms with Crippen LogP contribution in [0.4, 0.5) is 4.79 Å². The van der Waals surface area contributed by atoms with Crippen LogP contribution in [0, 0.1) is 5.92 Å². The lowest BCUT2D eigenvalue weighted by Gasteiger charge is -2.22. The molecule has 0 unspecified atom stereocenters. The summed E-state index contributed by atoms with van der Waals surface area (Å²) in [6.45, 7) is 7.92. The lowest BCUT2D eigenvalue weighted by atomic mass is 9.93. The first-order chi connectivity index (χ1) is 9.78. The van der Waals surface area contributed by atoms with E-state index >= 15 is 0 Å². The summed E-state index contributed by atoms with van der Waals surface area (Å²) < 4.78 is 5.15. The van der Waals surface area contributed by atoms with Gasteiger partial charge >= 0.3 is 6.09 Å². The fourth-order valence-corrected chi connectivity index (χ4v) is 2.17. The first kappa shape index (κ1) is 17.5. The smallest absolute Gasteiger partial charge is 0.407 e. The third-order valence-corrected chi connectivity index (χ3v) is 3.27. The van der Waals surface area contributed by atoms with Crippen molar-refractivity contribution in [2.24, 2.45) is 5.92 Å². The topological polar surface area (TPSA) is 67.4 Å². The first-order valence-electron chi connectivity index (χ1n) is 7.70. The van der Waals surface area contributed by atoms with Gasteiger partial charge in [-0.05, 0) is 53.4 Å². The zero-order valence-corrected chi connectivity index (χ0v) is 13.6. The van der Waals surface area contributed by atoms with Gasteiger partial charge in [0.2, 0.25) is 5.91 Å². The molecule has 0 aromatic carbocycles. The van der Waals surface area contributed by atoms with Crippen LogP contribution < -0.4 is 10.6 Å². The normalized spacial score (nSPS) is 19.7. The lowest BCUT2D eigenvalue weighted by Crippen LogP contribution is -2.40. The second-order valence-corrected chi connectivity index (χ2v) is 6.61. The average Bonchev–Trinajstić information content (AvgIpc) is 2.37. The molecule has 2 N–H and O–H groups in total. The first-order valence-corrected chi connectivity index (χ1v) is 7.70. The number of carbonyl (C=O) groups is 2. The van der Waals surface area contributed by atoms with E-state index in [0.717, 1.165) is 19.3 Å². The predicted molar refractivity (Wildman–Crippen MR) is 82.9 cm³/mol. The van der Waals surface area contributed by atoms with E-state index in [2.05, 4.69) is 22.8 Å². The number of amides is 2. The maximum Gasteiger partial charge on any atom is 0.407 e. The van der Waals surface area contributed by atoms with Gasteiger partial charge in [-0.15, -0.1) is 0 Å². The molecule has 0 fully saturated rings. The van der Waals surface area contributed by atoms with E-state index < -0.39 is 11.7 Å². The van der Waals surface area contributed by atoms with Crippen molar-refractivity contribution >= 4 is 12.0 Å². The summed E-state index contributed by atoms with van der Waals surface area (Å²) in [4.78, 5) is 23.5. The number of nitrogens with one attached hydrogen (secondary N) is 2.